The zero-order chi connectivity index (χ0) is 20.2. The van der Waals surface area contributed by atoms with Crippen LogP contribution in [-0.2, 0) is 17.5 Å². The van der Waals surface area contributed by atoms with Crippen molar-refractivity contribution in [1.82, 2.24) is 15.6 Å². The summed E-state index contributed by atoms with van der Waals surface area (Å²) in [4.78, 5) is 7.92. The maximum absolute atomic E-state index is 12.6. The number of thiazole rings is 1. The van der Waals surface area contributed by atoms with Crippen molar-refractivity contribution >= 4 is 17.3 Å². The summed E-state index contributed by atoms with van der Waals surface area (Å²) >= 11 is 0.978. The lowest BCUT2D eigenvalue weighted by molar-refractivity contribution is -0.140. The van der Waals surface area contributed by atoms with E-state index in [1.807, 2.05) is 6.92 Å². The lowest BCUT2D eigenvalue weighted by Crippen LogP contribution is -2.37. The fraction of sp³-hybridized carbons (Fsp3) is 0.789. The first kappa shape index (κ1) is 22.9. The highest BCUT2D eigenvalue weighted by molar-refractivity contribution is 7.09. The monoisotopic (exact) mass is 420 g/mol. The summed E-state index contributed by atoms with van der Waals surface area (Å²) in [6.45, 7) is 4.36. The van der Waals surface area contributed by atoms with Gasteiger partial charge in [0.1, 0.15) is 5.01 Å². The number of aromatic nitrogens is 1. The van der Waals surface area contributed by atoms with Gasteiger partial charge in [0.2, 0.25) is 0 Å². The largest absolute Gasteiger partial charge is 0.434 e. The molecule has 9 heteroatoms. The fourth-order valence-corrected chi connectivity index (χ4v) is 3.82. The van der Waals surface area contributed by atoms with Gasteiger partial charge in [0.05, 0.1) is 12.6 Å². The Kier molecular flexibility index (Phi) is 10.0. The van der Waals surface area contributed by atoms with E-state index in [0.717, 1.165) is 49.1 Å². The molecule has 0 saturated heterocycles. The number of hydrogen-bond donors (Lipinski definition) is 2. The average molecular weight is 421 g/mol. The van der Waals surface area contributed by atoms with Crippen molar-refractivity contribution in [3.8, 4) is 0 Å². The molecule has 0 aromatic carbocycles. The third-order valence-electron chi connectivity index (χ3n) is 4.58. The van der Waals surface area contributed by atoms with Crippen molar-refractivity contribution in [1.29, 1.82) is 0 Å². The summed E-state index contributed by atoms with van der Waals surface area (Å²) < 4.78 is 43.7. The second kappa shape index (κ2) is 12.3. The van der Waals surface area contributed by atoms with Crippen LogP contribution in [0.15, 0.2) is 10.4 Å². The number of unbranched alkanes of at least 4 members (excludes halogenated alkanes) is 2. The minimum atomic E-state index is -4.40. The van der Waals surface area contributed by atoms with E-state index in [9.17, 15) is 13.2 Å². The van der Waals surface area contributed by atoms with Gasteiger partial charge in [-0.15, -0.1) is 11.3 Å². The van der Waals surface area contributed by atoms with E-state index >= 15 is 0 Å². The number of alkyl halides is 3. The Balaban J connectivity index is 1.62. The summed E-state index contributed by atoms with van der Waals surface area (Å²) in [5.41, 5.74) is -0.851. The number of nitrogens with zero attached hydrogens (tertiary/aromatic N) is 2. The SMILES string of the molecule is CCNC(=NCc1nc(C(F)(F)F)cs1)NCCCCCOC1CCCCC1. The fourth-order valence-electron chi connectivity index (χ4n) is 3.09. The molecule has 0 atom stereocenters. The number of ether oxygens (including phenoxy) is 1. The minimum absolute atomic E-state index is 0.130. The Hall–Kier alpha value is -1.35. The van der Waals surface area contributed by atoms with Crippen LogP contribution in [0.2, 0.25) is 0 Å². The van der Waals surface area contributed by atoms with Crippen LogP contribution in [-0.4, -0.2) is 36.7 Å². The molecule has 0 unspecified atom stereocenters. The van der Waals surface area contributed by atoms with Gasteiger partial charge in [0.15, 0.2) is 11.7 Å². The molecule has 160 valence electrons. The maximum Gasteiger partial charge on any atom is 0.434 e. The molecule has 28 heavy (non-hydrogen) atoms. The van der Waals surface area contributed by atoms with Crippen LogP contribution in [0.25, 0.3) is 0 Å². The van der Waals surface area contributed by atoms with Crippen molar-refractivity contribution in [3.05, 3.63) is 16.1 Å². The van der Waals surface area contributed by atoms with Gasteiger partial charge in [0, 0.05) is 25.1 Å². The first-order chi connectivity index (χ1) is 13.5. The van der Waals surface area contributed by atoms with Crippen molar-refractivity contribution in [2.45, 2.75) is 77.1 Å². The van der Waals surface area contributed by atoms with Crippen molar-refractivity contribution < 1.29 is 17.9 Å². The van der Waals surface area contributed by atoms with E-state index in [2.05, 4.69) is 20.6 Å². The van der Waals surface area contributed by atoms with Crippen LogP contribution in [0.4, 0.5) is 13.2 Å². The minimum Gasteiger partial charge on any atom is -0.378 e. The molecule has 0 aliphatic heterocycles. The van der Waals surface area contributed by atoms with Crippen LogP contribution < -0.4 is 10.6 Å². The second-order valence-electron chi connectivity index (χ2n) is 6.94. The van der Waals surface area contributed by atoms with Gasteiger partial charge < -0.3 is 15.4 Å². The molecule has 1 aromatic rings. The lowest BCUT2D eigenvalue weighted by Gasteiger charge is -2.21. The van der Waals surface area contributed by atoms with Gasteiger partial charge in [-0.25, -0.2) is 9.98 Å². The highest BCUT2D eigenvalue weighted by Gasteiger charge is 2.33. The molecule has 0 amide bonds. The van der Waals surface area contributed by atoms with E-state index < -0.39 is 11.9 Å². The molecule has 1 fully saturated rings. The van der Waals surface area contributed by atoms with Crippen LogP contribution in [0, 0.1) is 0 Å². The zero-order valence-electron chi connectivity index (χ0n) is 16.5. The Morgan fingerprint density at radius 1 is 1.21 bits per heavy atom. The van der Waals surface area contributed by atoms with E-state index in [0.29, 0.717) is 23.6 Å². The summed E-state index contributed by atoms with van der Waals surface area (Å²) in [5.74, 6) is 0.602. The molecular formula is C19H31F3N4OS. The molecule has 1 saturated carbocycles. The smallest absolute Gasteiger partial charge is 0.378 e. The number of hydrogen-bond acceptors (Lipinski definition) is 4. The summed E-state index contributed by atoms with van der Waals surface area (Å²) in [6, 6.07) is 0. The third-order valence-corrected chi connectivity index (χ3v) is 5.41. The van der Waals surface area contributed by atoms with E-state index in [4.69, 9.17) is 4.74 Å². The Bertz CT molecular complexity index is 586. The van der Waals surface area contributed by atoms with Gasteiger partial charge in [-0.2, -0.15) is 13.2 Å². The number of aliphatic imine (C=N–C) groups is 1. The number of rotatable bonds is 10. The van der Waals surface area contributed by atoms with E-state index in [1.165, 1.54) is 32.1 Å². The second-order valence-corrected chi connectivity index (χ2v) is 7.88. The molecule has 0 bridgehead atoms. The highest BCUT2D eigenvalue weighted by Crippen LogP contribution is 2.30. The standard InChI is InChI=1S/C19H31F3N4OS/c1-2-23-18(25-13-17-26-16(14-28-17)19(20,21)22)24-11-7-4-8-12-27-15-9-5-3-6-10-15/h14-15H,2-13H2,1H3,(H2,23,24,25). The molecule has 1 aliphatic rings. The molecule has 2 rings (SSSR count). The molecule has 1 heterocycles. The first-order valence-corrected chi connectivity index (χ1v) is 11.0. The molecule has 5 nitrogen and oxygen atoms in total. The van der Waals surface area contributed by atoms with Gasteiger partial charge in [-0.05, 0) is 39.0 Å². The van der Waals surface area contributed by atoms with E-state index in [1.54, 1.807) is 0 Å². The molecule has 0 spiro atoms. The van der Waals surface area contributed by atoms with Gasteiger partial charge >= 0.3 is 6.18 Å². The summed E-state index contributed by atoms with van der Waals surface area (Å²) in [6.07, 6.45) is 5.50. The number of halogens is 3. The summed E-state index contributed by atoms with van der Waals surface area (Å²) in [7, 11) is 0. The highest BCUT2D eigenvalue weighted by atomic mass is 32.1. The van der Waals surface area contributed by atoms with Gasteiger partial charge in [0.25, 0.3) is 0 Å². The Morgan fingerprint density at radius 3 is 2.68 bits per heavy atom. The lowest BCUT2D eigenvalue weighted by atomic mass is 9.98. The zero-order valence-corrected chi connectivity index (χ0v) is 17.3. The molecule has 1 aliphatic carbocycles. The van der Waals surface area contributed by atoms with Crippen LogP contribution >= 0.6 is 11.3 Å². The Labute approximate surface area is 169 Å². The molecular weight excluding hydrogens is 389 g/mol. The number of guanidine groups is 1. The summed E-state index contributed by atoms with van der Waals surface area (Å²) in [5, 5.41) is 7.70. The van der Waals surface area contributed by atoms with Gasteiger partial charge in [-0.3, -0.25) is 0 Å². The third kappa shape index (κ3) is 8.77. The van der Waals surface area contributed by atoms with Crippen LogP contribution in [0.5, 0.6) is 0 Å². The molecule has 0 radical (unpaired) electrons. The van der Waals surface area contributed by atoms with Gasteiger partial charge in [-0.1, -0.05) is 19.3 Å². The van der Waals surface area contributed by atoms with Crippen LogP contribution in [0.1, 0.15) is 69.0 Å². The first-order valence-electron chi connectivity index (χ1n) is 10.1. The van der Waals surface area contributed by atoms with Crippen LogP contribution in [0.3, 0.4) is 0 Å². The van der Waals surface area contributed by atoms with Crippen molar-refractivity contribution in [2.24, 2.45) is 4.99 Å². The number of nitrogens with one attached hydrogen (secondary N) is 2. The Morgan fingerprint density at radius 2 is 2.00 bits per heavy atom. The molecule has 1 aromatic heterocycles. The van der Waals surface area contributed by atoms with E-state index in [-0.39, 0.29) is 6.54 Å². The average Bonchev–Trinajstić information content (AvgIpc) is 3.15. The quantitative estimate of drug-likeness (QED) is 0.326. The topological polar surface area (TPSA) is 58.5 Å². The van der Waals surface area contributed by atoms with Crippen molar-refractivity contribution in [2.75, 3.05) is 19.7 Å². The van der Waals surface area contributed by atoms with Crippen molar-refractivity contribution in [3.63, 3.8) is 0 Å². The predicted octanol–water partition coefficient (Wildman–Crippen LogP) is 4.74. The predicted molar refractivity (Wildman–Crippen MR) is 107 cm³/mol. The normalized spacial score (nSPS) is 16.4. The molecule has 2 N–H and O–H groups in total. The maximum atomic E-state index is 12.6.